The van der Waals surface area contributed by atoms with Crippen LogP contribution in [0, 0.1) is 17.8 Å². The topological polar surface area (TPSA) is 12.0 Å². The Hall–Kier alpha value is -0.343. The minimum Gasteiger partial charge on any atom is -0.309 e. The Balaban J connectivity index is 2.34. The lowest BCUT2D eigenvalue weighted by molar-refractivity contribution is 0.159. The van der Waals surface area contributed by atoms with Crippen molar-refractivity contribution in [2.75, 3.05) is 0 Å². The van der Waals surface area contributed by atoms with Crippen molar-refractivity contribution in [1.29, 1.82) is 0 Å². The molecule has 1 heterocycles. The maximum absolute atomic E-state index is 4.04. The third-order valence-corrected chi connectivity index (χ3v) is 9.58. The van der Waals surface area contributed by atoms with Crippen LogP contribution >= 0.6 is 0 Å². The Morgan fingerprint density at radius 1 is 1.25 bits per heavy atom. The SMILES string of the molecule is CC1C[Si](C2=CC=CC2)C(C)(NC(C)(C)C)C(C)C1C. The lowest BCUT2D eigenvalue weighted by atomic mass is 9.80. The molecule has 0 aromatic rings. The second-order valence-electron chi connectivity index (χ2n) is 8.21. The number of hydrogen-bond acceptors (Lipinski definition) is 1. The quantitative estimate of drug-likeness (QED) is 0.738. The molecule has 0 aromatic heterocycles. The van der Waals surface area contributed by atoms with Crippen molar-refractivity contribution in [3.8, 4) is 0 Å². The molecule has 0 aromatic carbocycles. The molecule has 1 aliphatic heterocycles. The summed E-state index contributed by atoms with van der Waals surface area (Å²) >= 11 is 0. The van der Waals surface area contributed by atoms with Crippen molar-refractivity contribution in [3.05, 3.63) is 23.4 Å². The first-order valence-electron chi connectivity index (χ1n) is 8.17. The lowest BCUT2D eigenvalue weighted by Crippen LogP contribution is -2.68. The van der Waals surface area contributed by atoms with E-state index in [-0.39, 0.29) is 5.54 Å². The van der Waals surface area contributed by atoms with Crippen LogP contribution in [0.15, 0.2) is 23.4 Å². The minimum absolute atomic E-state index is 0.186. The van der Waals surface area contributed by atoms with Gasteiger partial charge in [-0.2, -0.15) is 0 Å². The second-order valence-corrected chi connectivity index (χ2v) is 11.3. The smallest absolute Gasteiger partial charge is 0.104 e. The fourth-order valence-electron chi connectivity index (χ4n) is 4.12. The summed E-state index contributed by atoms with van der Waals surface area (Å²) in [6.07, 6.45) is 8.20. The highest BCUT2D eigenvalue weighted by molar-refractivity contribution is 6.70. The van der Waals surface area contributed by atoms with Crippen LogP contribution in [0.25, 0.3) is 0 Å². The Labute approximate surface area is 127 Å². The van der Waals surface area contributed by atoms with E-state index in [0.717, 1.165) is 17.8 Å². The van der Waals surface area contributed by atoms with E-state index >= 15 is 0 Å². The summed E-state index contributed by atoms with van der Waals surface area (Å²) in [6.45, 7) is 16.9. The molecule has 1 N–H and O–H groups in total. The highest BCUT2D eigenvalue weighted by Gasteiger charge is 2.50. The summed E-state index contributed by atoms with van der Waals surface area (Å²) in [5.41, 5.74) is 0.186. The first-order chi connectivity index (χ1) is 9.15. The zero-order chi connectivity index (χ0) is 15.1. The average molecular weight is 291 g/mol. The van der Waals surface area contributed by atoms with Crippen LogP contribution in [0.2, 0.25) is 6.04 Å². The van der Waals surface area contributed by atoms with E-state index in [1.54, 1.807) is 5.20 Å². The third kappa shape index (κ3) is 2.96. The fourth-order valence-corrected chi connectivity index (χ4v) is 8.49. The normalized spacial score (nSPS) is 39.1. The van der Waals surface area contributed by atoms with Crippen LogP contribution < -0.4 is 5.32 Å². The maximum atomic E-state index is 4.04. The van der Waals surface area contributed by atoms with Gasteiger partial charge in [0, 0.05) is 10.7 Å². The standard InChI is InChI=1S/C18H32NSi/c1-13-12-20(16-10-8-9-11-16)18(7,15(3)14(13)2)19-17(4,5)6/h8-10,13-15,19H,11-12H2,1-7H3. The summed E-state index contributed by atoms with van der Waals surface area (Å²) in [5.74, 6) is 2.40. The average Bonchev–Trinajstić information content (AvgIpc) is 2.83. The van der Waals surface area contributed by atoms with Crippen molar-refractivity contribution in [2.45, 2.75) is 71.6 Å². The minimum atomic E-state index is -0.538. The van der Waals surface area contributed by atoms with Gasteiger partial charge in [0.2, 0.25) is 0 Å². The van der Waals surface area contributed by atoms with Crippen molar-refractivity contribution < 1.29 is 0 Å². The molecule has 1 nitrogen and oxygen atoms in total. The molecule has 1 fully saturated rings. The van der Waals surface area contributed by atoms with Crippen LogP contribution in [-0.4, -0.2) is 19.5 Å². The van der Waals surface area contributed by atoms with Gasteiger partial charge in [-0.15, -0.1) is 0 Å². The predicted molar refractivity (Wildman–Crippen MR) is 91.2 cm³/mol. The molecule has 20 heavy (non-hydrogen) atoms. The zero-order valence-corrected chi connectivity index (χ0v) is 15.4. The molecule has 2 rings (SSSR count). The van der Waals surface area contributed by atoms with Gasteiger partial charge in [-0.25, -0.2) is 0 Å². The molecule has 0 saturated carbocycles. The maximum Gasteiger partial charge on any atom is 0.104 e. The summed E-state index contributed by atoms with van der Waals surface area (Å²) in [6, 6.07) is 1.42. The summed E-state index contributed by atoms with van der Waals surface area (Å²) in [4.78, 5) is 0. The van der Waals surface area contributed by atoms with Crippen molar-refractivity contribution in [1.82, 2.24) is 5.32 Å². The van der Waals surface area contributed by atoms with E-state index in [9.17, 15) is 0 Å². The molecule has 0 bridgehead atoms. The summed E-state index contributed by atoms with van der Waals surface area (Å²) in [7, 11) is -0.538. The first kappa shape index (κ1) is 16.0. The zero-order valence-electron chi connectivity index (χ0n) is 14.4. The van der Waals surface area contributed by atoms with Gasteiger partial charge >= 0.3 is 0 Å². The van der Waals surface area contributed by atoms with E-state index in [1.807, 2.05) is 0 Å². The Morgan fingerprint density at radius 3 is 2.40 bits per heavy atom. The van der Waals surface area contributed by atoms with E-state index < -0.39 is 8.80 Å². The third-order valence-electron chi connectivity index (χ3n) is 5.54. The molecule has 0 amide bonds. The summed E-state index contributed by atoms with van der Waals surface area (Å²) in [5, 5.41) is 6.07. The number of nitrogens with one attached hydrogen (secondary N) is 1. The number of hydrogen-bond donors (Lipinski definition) is 1. The molecule has 1 radical (unpaired) electrons. The van der Waals surface area contributed by atoms with Crippen molar-refractivity contribution in [2.24, 2.45) is 17.8 Å². The lowest BCUT2D eigenvalue weighted by Gasteiger charge is -2.54. The number of rotatable bonds is 2. The molecule has 4 unspecified atom stereocenters. The largest absolute Gasteiger partial charge is 0.309 e. The molecule has 4 atom stereocenters. The van der Waals surface area contributed by atoms with Gasteiger partial charge in [0.05, 0.1) is 0 Å². The van der Waals surface area contributed by atoms with E-state index in [4.69, 9.17) is 0 Å². The molecule has 1 saturated heterocycles. The Morgan fingerprint density at radius 2 is 1.90 bits per heavy atom. The van der Waals surface area contributed by atoms with Crippen LogP contribution in [0.1, 0.15) is 54.9 Å². The molecule has 113 valence electrons. The molecule has 2 heteroatoms. The summed E-state index contributed by atoms with van der Waals surface area (Å²) < 4.78 is 0. The predicted octanol–water partition coefficient (Wildman–Crippen LogP) is 4.51. The Bertz CT molecular complexity index is 418. The first-order valence-corrected chi connectivity index (χ1v) is 9.87. The van der Waals surface area contributed by atoms with E-state index in [1.165, 1.54) is 12.5 Å². The van der Waals surface area contributed by atoms with Gasteiger partial charge in [-0.1, -0.05) is 50.2 Å². The van der Waals surface area contributed by atoms with E-state index in [2.05, 4.69) is 72.0 Å². The second kappa shape index (κ2) is 5.45. The monoisotopic (exact) mass is 290 g/mol. The van der Waals surface area contributed by atoms with Gasteiger partial charge < -0.3 is 5.32 Å². The highest BCUT2D eigenvalue weighted by Crippen LogP contribution is 2.44. The van der Waals surface area contributed by atoms with Crippen LogP contribution in [0.3, 0.4) is 0 Å². The molecule has 2 aliphatic rings. The van der Waals surface area contributed by atoms with E-state index in [0.29, 0.717) is 5.16 Å². The fraction of sp³-hybridized carbons (Fsp3) is 0.778. The van der Waals surface area contributed by atoms with Gasteiger partial charge in [0.15, 0.2) is 0 Å². The van der Waals surface area contributed by atoms with Gasteiger partial charge in [-0.05, 0) is 51.9 Å². The van der Waals surface area contributed by atoms with Gasteiger partial charge in [0.1, 0.15) is 8.80 Å². The Kier molecular flexibility index (Phi) is 4.37. The van der Waals surface area contributed by atoms with Crippen LogP contribution in [0.4, 0.5) is 0 Å². The van der Waals surface area contributed by atoms with Crippen molar-refractivity contribution in [3.63, 3.8) is 0 Å². The molecular weight excluding hydrogens is 258 g/mol. The van der Waals surface area contributed by atoms with Gasteiger partial charge in [0.25, 0.3) is 0 Å². The van der Waals surface area contributed by atoms with Crippen LogP contribution in [0.5, 0.6) is 0 Å². The molecule has 0 spiro atoms. The highest BCUT2D eigenvalue weighted by atomic mass is 28.3. The molecular formula is C18H32NSi. The van der Waals surface area contributed by atoms with Crippen molar-refractivity contribution >= 4 is 8.80 Å². The number of allylic oxidation sites excluding steroid dienone is 4. The van der Waals surface area contributed by atoms with Crippen LogP contribution in [-0.2, 0) is 0 Å². The van der Waals surface area contributed by atoms with Gasteiger partial charge in [-0.3, -0.25) is 0 Å². The molecule has 1 aliphatic carbocycles.